The fourth-order valence-corrected chi connectivity index (χ4v) is 4.29. The highest BCUT2D eigenvalue weighted by atomic mass is 32.2. The number of piperidine rings is 1. The minimum Gasteiger partial charge on any atom is -0.497 e. The van der Waals surface area contributed by atoms with Gasteiger partial charge >= 0.3 is 0 Å². The molecular weight excluding hydrogens is 328 g/mol. The standard InChI is InChI=1S/C17H20N2O4S/c1-22-15-4-2-6-17(12-15)24(20,21)19-11-3-5-16(13-19)23-14-7-9-18-10-8-14/h2,4,6-10,12,16H,3,5,11,13H2,1H3/t16-/m1/s1. The van der Waals surface area contributed by atoms with Gasteiger partial charge in [-0.05, 0) is 37.1 Å². The Balaban J connectivity index is 1.75. The van der Waals surface area contributed by atoms with E-state index in [1.807, 2.05) is 0 Å². The second-order valence-corrected chi connectivity index (χ2v) is 7.54. The van der Waals surface area contributed by atoms with Crippen LogP contribution in [0.4, 0.5) is 0 Å². The van der Waals surface area contributed by atoms with Crippen molar-refractivity contribution >= 4 is 10.0 Å². The largest absolute Gasteiger partial charge is 0.497 e. The molecule has 0 aliphatic carbocycles. The molecule has 1 aromatic carbocycles. The van der Waals surface area contributed by atoms with Gasteiger partial charge in [-0.2, -0.15) is 4.31 Å². The number of pyridine rings is 1. The highest BCUT2D eigenvalue weighted by molar-refractivity contribution is 7.89. The molecule has 0 N–H and O–H groups in total. The van der Waals surface area contributed by atoms with E-state index in [-0.39, 0.29) is 11.0 Å². The molecule has 1 aliphatic heterocycles. The molecule has 1 atom stereocenters. The molecular formula is C17H20N2O4S. The molecule has 0 bridgehead atoms. The van der Waals surface area contributed by atoms with Crippen LogP contribution in [-0.2, 0) is 10.0 Å². The van der Waals surface area contributed by atoms with Crippen LogP contribution in [0.1, 0.15) is 12.8 Å². The number of hydrogen-bond donors (Lipinski definition) is 0. The molecule has 24 heavy (non-hydrogen) atoms. The van der Waals surface area contributed by atoms with Gasteiger partial charge in [-0.3, -0.25) is 4.98 Å². The molecule has 1 fully saturated rings. The predicted molar refractivity (Wildman–Crippen MR) is 89.6 cm³/mol. The fraction of sp³-hybridized carbons (Fsp3) is 0.353. The smallest absolute Gasteiger partial charge is 0.243 e. The Morgan fingerprint density at radius 2 is 1.96 bits per heavy atom. The van der Waals surface area contributed by atoms with Gasteiger partial charge in [-0.15, -0.1) is 0 Å². The number of hydrogen-bond acceptors (Lipinski definition) is 5. The van der Waals surface area contributed by atoms with Crippen LogP contribution in [0.3, 0.4) is 0 Å². The van der Waals surface area contributed by atoms with E-state index in [4.69, 9.17) is 9.47 Å². The summed E-state index contributed by atoms with van der Waals surface area (Å²) in [6.45, 7) is 0.831. The first-order chi connectivity index (χ1) is 11.6. The molecule has 0 unspecified atom stereocenters. The zero-order valence-electron chi connectivity index (χ0n) is 13.5. The van der Waals surface area contributed by atoms with Crippen LogP contribution in [-0.4, -0.2) is 44.0 Å². The van der Waals surface area contributed by atoms with Gasteiger partial charge in [0, 0.05) is 25.0 Å². The lowest BCUT2D eigenvalue weighted by atomic mass is 10.1. The molecule has 128 valence electrons. The molecule has 7 heteroatoms. The van der Waals surface area contributed by atoms with Crippen LogP contribution in [0.25, 0.3) is 0 Å². The van der Waals surface area contributed by atoms with Crippen molar-refractivity contribution in [3.8, 4) is 11.5 Å². The minimum absolute atomic E-state index is 0.165. The van der Waals surface area contributed by atoms with Gasteiger partial charge in [0.1, 0.15) is 17.6 Å². The van der Waals surface area contributed by atoms with Gasteiger partial charge in [0.25, 0.3) is 0 Å². The van der Waals surface area contributed by atoms with Crippen LogP contribution in [0.15, 0.2) is 53.7 Å². The van der Waals surface area contributed by atoms with Crippen molar-refractivity contribution in [3.63, 3.8) is 0 Å². The number of methoxy groups -OCH3 is 1. The van der Waals surface area contributed by atoms with E-state index in [9.17, 15) is 8.42 Å². The van der Waals surface area contributed by atoms with E-state index in [1.165, 1.54) is 11.4 Å². The molecule has 1 saturated heterocycles. The van der Waals surface area contributed by atoms with Gasteiger partial charge in [0.15, 0.2) is 0 Å². The van der Waals surface area contributed by atoms with Gasteiger partial charge in [0.2, 0.25) is 10.0 Å². The number of sulfonamides is 1. The van der Waals surface area contributed by atoms with E-state index in [0.29, 0.717) is 24.6 Å². The number of aromatic nitrogens is 1. The monoisotopic (exact) mass is 348 g/mol. The first-order valence-electron chi connectivity index (χ1n) is 7.80. The van der Waals surface area contributed by atoms with Crippen molar-refractivity contribution in [2.24, 2.45) is 0 Å². The molecule has 2 heterocycles. The van der Waals surface area contributed by atoms with Crippen molar-refractivity contribution in [2.75, 3.05) is 20.2 Å². The van der Waals surface area contributed by atoms with E-state index in [2.05, 4.69) is 4.98 Å². The van der Waals surface area contributed by atoms with Gasteiger partial charge < -0.3 is 9.47 Å². The number of ether oxygens (including phenoxy) is 2. The van der Waals surface area contributed by atoms with Crippen LogP contribution < -0.4 is 9.47 Å². The molecule has 0 amide bonds. The topological polar surface area (TPSA) is 68.7 Å². The highest BCUT2D eigenvalue weighted by Gasteiger charge is 2.31. The van der Waals surface area contributed by atoms with Gasteiger partial charge in [-0.1, -0.05) is 6.07 Å². The van der Waals surface area contributed by atoms with Crippen LogP contribution >= 0.6 is 0 Å². The number of nitrogens with zero attached hydrogens (tertiary/aromatic N) is 2. The van der Waals surface area contributed by atoms with Crippen molar-refractivity contribution in [3.05, 3.63) is 48.8 Å². The molecule has 0 spiro atoms. The molecule has 0 radical (unpaired) electrons. The molecule has 1 aliphatic rings. The van der Waals surface area contributed by atoms with Crippen molar-refractivity contribution in [2.45, 2.75) is 23.8 Å². The lowest BCUT2D eigenvalue weighted by Crippen LogP contribution is -2.44. The Hall–Kier alpha value is -2.12. The van der Waals surface area contributed by atoms with Crippen molar-refractivity contribution in [1.82, 2.24) is 9.29 Å². The third-order valence-electron chi connectivity index (χ3n) is 3.97. The normalized spacial score (nSPS) is 19.0. The van der Waals surface area contributed by atoms with Gasteiger partial charge in [-0.25, -0.2) is 8.42 Å². The van der Waals surface area contributed by atoms with Gasteiger partial charge in [0.05, 0.1) is 18.6 Å². The third kappa shape index (κ3) is 3.68. The quantitative estimate of drug-likeness (QED) is 0.829. The molecule has 6 nitrogen and oxygen atoms in total. The van der Waals surface area contributed by atoms with E-state index >= 15 is 0 Å². The summed E-state index contributed by atoms with van der Waals surface area (Å²) in [5.74, 6) is 1.23. The maximum absolute atomic E-state index is 12.9. The first-order valence-corrected chi connectivity index (χ1v) is 9.24. The van der Waals surface area contributed by atoms with E-state index in [0.717, 1.165) is 12.8 Å². The predicted octanol–water partition coefficient (Wildman–Crippen LogP) is 2.32. The Labute approximate surface area is 142 Å². The average molecular weight is 348 g/mol. The van der Waals surface area contributed by atoms with E-state index in [1.54, 1.807) is 48.8 Å². The molecule has 0 saturated carbocycles. The maximum atomic E-state index is 12.9. The minimum atomic E-state index is -3.56. The summed E-state index contributed by atoms with van der Waals surface area (Å²) in [5.41, 5.74) is 0. The summed E-state index contributed by atoms with van der Waals surface area (Å²) in [6, 6.07) is 10.1. The zero-order valence-corrected chi connectivity index (χ0v) is 14.3. The second kappa shape index (κ2) is 7.19. The fourth-order valence-electron chi connectivity index (χ4n) is 2.74. The summed E-state index contributed by atoms with van der Waals surface area (Å²) in [7, 11) is -2.04. The van der Waals surface area contributed by atoms with Crippen molar-refractivity contribution < 1.29 is 17.9 Å². The Morgan fingerprint density at radius 1 is 1.17 bits per heavy atom. The van der Waals surface area contributed by atoms with Crippen LogP contribution in [0, 0.1) is 0 Å². The summed E-state index contributed by atoms with van der Waals surface area (Å²) in [5, 5.41) is 0. The highest BCUT2D eigenvalue weighted by Crippen LogP contribution is 2.25. The first kappa shape index (κ1) is 16.7. The zero-order chi connectivity index (χ0) is 17.0. The molecule has 3 rings (SSSR count). The maximum Gasteiger partial charge on any atom is 0.243 e. The van der Waals surface area contributed by atoms with Crippen molar-refractivity contribution in [1.29, 1.82) is 0 Å². The summed E-state index contributed by atoms with van der Waals surface area (Å²) in [4.78, 5) is 4.19. The van der Waals surface area contributed by atoms with Crippen LogP contribution in [0.2, 0.25) is 0 Å². The number of benzene rings is 1. The summed E-state index contributed by atoms with van der Waals surface area (Å²) in [6.07, 6.45) is 4.73. The Kier molecular flexibility index (Phi) is 5.01. The summed E-state index contributed by atoms with van der Waals surface area (Å²) >= 11 is 0. The SMILES string of the molecule is COc1cccc(S(=O)(=O)N2CCC[C@@H](Oc3ccncc3)C2)c1. The second-order valence-electron chi connectivity index (χ2n) is 5.61. The van der Waals surface area contributed by atoms with E-state index < -0.39 is 10.0 Å². The molecule has 1 aromatic heterocycles. The number of rotatable bonds is 5. The average Bonchev–Trinajstić information content (AvgIpc) is 2.63. The lowest BCUT2D eigenvalue weighted by molar-refractivity contribution is 0.129. The Bertz CT molecular complexity index is 780. The van der Waals surface area contributed by atoms with Crippen LogP contribution in [0.5, 0.6) is 11.5 Å². The summed E-state index contributed by atoms with van der Waals surface area (Å²) < 4.78 is 38.2. The Morgan fingerprint density at radius 3 is 2.71 bits per heavy atom. The third-order valence-corrected chi connectivity index (χ3v) is 5.83. The molecule has 2 aromatic rings. The lowest BCUT2D eigenvalue weighted by Gasteiger charge is -2.32.